The van der Waals surface area contributed by atoms with Crippen LogP contribution >= 0.6 is 0 Å². The van der Waals surface area contributed by atoms with Gasteiger partial charge < -0.3 is 10.6 Å². The van der Waals surface area contributed by atoms with E-state index < -0.39 is 0 Å². The molecule has 0 bridgehead atoms. The van der Waals surface area contributed by atoms with Crippen LogP contribution in [0.4, 0.5) is 0 Å². The summed E-state index contributed by atoms with van der Waals surface area (Å²) in [5, 5.41) is 5.70. The van der Waals surface area contributed by atoms with Gasteiger partial charge in [-0.05, 0) is 12.8 Å². The minimum atomic E-state index is 0.0630. The molecule has 4 heteroatoms. The number of amides is 2. The Labute approximate surface area is 270 Å². The summed E-state index contributed by atoms with van der Waals surface area (Å²) in [6.07, 6.45) is 44.1. The molecule has 2 N–H and O–H groups in total. The second-order valence-corrected chi connectivity index (χ2v) is 13.5. The first-order valence-corrected chi connectivity index (χ1v) is 19.7. The molecule has 0 aromatic heterocycles. The molecule has 4 nitrogen and oxygen atoms in total. The van der Waals surface area contributed by atoms with Crippen molar-refractivity contribution < 1.29 is 9.59 Å². The van der Waals surface area contributed by atoms with E-state index in [9.17, 15) is 9.59 Å². The Kier molecular flexibility index (Phi) is 36.2. The summed E-state index contributed by atoms with van der Waals surface area (Å²) in [5.41, 5.74) is 0. The van der Waals surface area contributed by atoms with Crippen molar-refractivity contribution >= 4 is 11.8 Å². The monoisotopic (exact) mass is 607 g/mol. The third-order valence-electron chi connectivity index (χ3n) is 9.09. The molecule has 0 fully saturated rings. The molecular formula is C39H78N2O2. The van der Waals surface area contributed by atoms with Crippen LogP contribution in [0.1, 0.15) is 232 Å². The number of nitrogens with one attached hydrogen (secondary N) is 2. The normalized spacial score (nSPS) is 11.2. The van der Waals surface area contributed by atoms with Crippen molar-refractivity contribution in [1.29, 1.82) is 0 Å². The van der Waals surface area contributed by atoms with Gasteiger partial charge in [0.2, 0.25) is 11.8 Å². The molecule has 0 saturated carbocycles. The maximum atomic E-state index is 12.0. The summed E-state index contributed by atoms with van der Waals surface area (Å²) in [6.45, 7) is 4.84. The summed E-state index contributed by atoms with van der Waals surface area (Å²) in [5.74, 6) is 0.126. The van der Waals surface area contributed by atoms with Crippen LogP contribution in [0.2, 0.25) is 0 Å². The lowest BCUT2D eigenvalue weighted by Gasteiger charge is -2.08. The van der Waals surface area contributed by atoms with Crippen molar-refractivity contribution in [3.05, 3.63) is 0 Å². The highest BCUT2D eigenvalue weighted by Gasteiger charge is 2.04. The smallest absolute Gasteiger partial charge is 0.221 e. The molecule has 0 atom stereocenters. The zero-order chi connectivity index (χ0) is 31.3. The largest absolute Gasteiger partial charge is 0.339 e. The standard InChI is InChI=1S/C39H78N2O2/c1-3-5-7-9-11-13-15-17-19-21-23-25-27-29-31-33-35-38(42)40-37-41-39(43)36-34-32-30-28-26-24-22-20-18-16-14-12-10-8-6-4-2/h3-37H2,1-2H3,(H,40,42)(H,41,43). The van der Waals surface area contributed by atoms with Crippen LogP contribution in [0.25, 0.3) is 0 Å². The summed E-state index contributed by atoms with van der Waals surface area (Å²) in [6, 6.07) is 0. The highest BCUT2D eigenvalue weighted by Crippen LogP contribution is 2.15. The molecule has 0 aromatic carbocycles. The highest BCUT2D eigenvalue weighted by atomic mass is 16.2. The maximum absolute atomic E-state index is 12.0. The fourth-order valence-corrected chi connectivity index (χ4v) is 6.09. The van der Waals surface area contributed by atoms with E-state index in [4.69, 9.17) is 0 Å². The van der Waals surface area contributed by atoms with E-state index in [0.29, 0.717) is 12.8 Å². The van der Waals surface area contributed by atoms with Crippen LogP contribution in [0.5, 0.6) is 0 Å². The van der Waals surface area contributed by atoms with Crippen LogP contribution in [0, 0.1) is 0 Å². The SMILES string of the molecule is CCCCCCCCCCCCCCCCCCC(=O)NCNC(=O)CCCCCCCCCCCCCCCCCC. The van der Waals surface area contributed by atoms with Gasteiger partial charge in [0, 0.05) is 12.8 Å². The number of carbonyl (C=O) groups excluding carboxylic acids is 2. The predicted octanol–water partition coefficient (Wildman–Crippen LogP) is 12.5. The molecule has 0 radical (unpaired) electrons. The molecule has 0 rings (SSSR count). The molecule has 0 aliphatic carbocycles. The lowest BCUT2D eigenvalue weighted by atomic mass is 10.0. The van der Waals surface area contributed by atoms with Crippen LogP contribution in [0.15, 0.2) is 0 Å². The van der Waals surface area contributed by atoms with Gasteiger partial charge in [0.1, 0.15) is 0 Å². The molecule has 256 valence electrons. The molecule has 2 amide bonds. The number of hydrogen-bond acceptors (Lipinski definition) is 2. The molecule has 0 aliphatic heterocycles. The van der Waals surface area contributed by atoms with E-state index in [1.807, 2.05) is 0 Å². The van der Waals surface area contributed by atoms with Gasteiger partial charge in [-0.25, -0.2) is 0 Å². The van der Waals surface area contributed by atoms with Crippen LogP contribution < -0.4 is 10.6 Å². The quantitative estimate of drug-likeness (QED) is 0.0550. The number of hydrogen-bond donors (Lipinski definition) is 2. The Morgan fingerprint density at radius 1 is 0.302 bits per heavy atom. The third-order valence-corrected chi connectivity index (χ3v) is 9.09. The number of unbranched alkanes of at least 4 members (excludes halogenated alkanes) is 30. The molecule has 0 saturated heterocycles. The van der Waals surface area contributed by atoms with E-state index in [-0.39, 0.29) is 18.5 Å². The summed E-state index contributed by atoms with van der Waals surface area (Å²) in [4.78, 5) is 24.1. The van der Waals surface area contributed by atoms with Gasteiger partial charge in [-0.15, -0.1) is 0 Å². The van der Waals surface area contributed by atoms with Crippen LogP contribution in [-0.4, -0.2) is 18.5 Å². The lowest BCUT2D eigenvalue weighted by molar-refractivity contribution is -0.123. The molecule has 0 spiro atoms. The molecule has 0 heterocycles. The van der Waals surface area contributed by atoms with E-state index >= 15 is 0 Å². The number of rotatable bonds is 36. The average molecular weight is 607 g/mol. The second kappa shape index (κ2) is 37.1. The van der Waals surface area contributed by atoms with E-state index in [2.05, 4.69) is 24.5 Å². The molecule has 0 aliphatic rings. The predicted molar refractivity (Wildman–Crippen MR) is 189 cm³/mol. The van der Waals surface area contributed by atoms with Crippen molar-refractivity contribution in [3.63, 3.8) is 0 Å². The van der Waals surface area contributed by atoms with Crippen LogP contribution in [-0.2, 0) is 9.59 Å². The minimum Gasteiger partial charge on any atom is -0.339 e. The highest BCUT2D eigenvalue weighted by molar-refractivity contribution is 5.78. The van der Waals surface area contributed by atoms with Crippen molar-refractivity contribution in [2.75, 3.05) is 6.67 Å². The van der Waals surface area contributed by atoms with Gasteiger partial charge in [0.15, 0.2) is 0 Å². The van der Waals surface area contributed by atoms with Crippen molar-refractivity contribution in [1.82, 2.24) is 10.6 Å². The zero-order valence-electron chi connectivity index (χ0n) is 29.6. The Morgan fingerprint density at radius 2 is 0.488 bits per heavy atom. The van der Waals surface area contributed by atoms with Gasteiger partial charge in [0.25, 0.3) is 0 Å². The maximum Gasteiger partial charge on any atom is 0.221 e. The van der Waals surface area contributed by atoms with Crippen molar-refractivity contribution in [3.8, 4) is 0 Å². The van der Waals surface area contributed by atoms with Gasteiger partial charge in [-0.1, -0.05) is 206 Å². The number of carbonyl (C=O) groups is 2. The zero-order valence-corrected chi connectivity index (χ0v) is 29.6. The second-order valence-electron chi connectivity index (χ2n) is 13.5. The Bertz CT molecular complexity index is 517. The van der Waals surface area contributed by atoms with Gasteiger partial charge in [0.05, 0.1) is 6.67 Å². The fraction of sp³-hybridized carbons (Fsp3) is 0.949. The van der Waals surface area contributed by atoms with E-state index in [1.54, 1.807) is 0 Å². The topological polar surface area (TPSA) is 58.2 Å². The molecule has 0 unspecified atom stereocenters. The summed E-state index contributed by atoms with van der Waals surface area (Å²) in [7, 11) is 0. The Balaban J connectivity index is 3.26. The first-order chi connectivity index (χ1) is 21.2. The first-order valence-electron chi connectivity index (χ1n) is 19.7. The summed E-state index contributed by atoms with van der Waals surface area (Å²) >= 11 is 0. The van der Waals surface area contributed by atoms with E-state index in [0.717, 1.165) is 25.7 Å². The van der Waals surface area contributed by atoms with Gasteiger partial charge in [-0.3, -0.25) is 9.59 Å². The average Bonchev–Trinajstić information content (AvgIpc) is 3.00. The van der Waals surface area contributed by atoms with Crippen molar-refractivity contribution in [2.24, 2.45) is 0 Å². The van der Waals surface area contributed by atoms with Gasteiger partial charge in [-0.2, -0.15) is 0 Å². The fourth-order valence-electron chi connectivity index (χ4n) is 6.09. The van der Waals surface area contributed by atoms with Gasteiger partial charge >= 0.3 is 0 Å². The van der Waals surface area contributed by atoms with E-state index in [1.165, 1.54) is 180 Å². The lowest BCUT2D eigenvalue weighted by Crippen LogP contribution is -2.37. The van der Waals surface area contributed by atoms with Crippen LogP contribution in [0.3, 0.4) is 0 Å². The first kappa shape index (κ1) is 41.9. The molecule has 43 heavy (non-hydrogen) atoms. The minimum absolute atomic E-state index is 0.0630. The third kappa shape index (κ3) is 37.0. The van der Waals surface area contributed by atoms with Crippen molar-refractivity contribution in [2.45, 2.75) is 232 Å². The Morgan fingerprint density at radius 3 is 0.698 bits per heavy atom. The molecular weight excluding hydrogens is 528 g/mol. The summed E-state index contributed by atoms with van der Waals surface area (Å²) < 4.78 is 0. The Hall–Kier alpha value is -1.06. The molecule has 0 aromatic rings.